The first-order chi connectivity index (χ1) is 18.6. The molecule has 0 radical (unpaired) electrons. The lowest BCUT2D eigenvalue weighted by molar-refractivity contribution is -0.137. The van der Waals surface area contributed by atoms with E-state index >= 15 is 0 Å². The number of carbonyl (C=O) groups excluding carboxylic acids is 1. The van der Waals surface area contributed by atoms with Gasteiger partial charge in [-0.1, -0.05) is 45.7 Å². The lowest BCUT2D eigenvalue weighted by Crippen LogP contribution is -2.44. The highest BCUT2D eigenvalue weighted by atomic mass is 19.4. The zero-order chi connectivity index (χ0) is 29.3. The molecule has 0 amide bonds. The van der Waals surface area contributed by atoms with Crippen LogP contribution < -0.4 is 15.0 Å². The summed E-state index contributed by atoms with van der Waals surface area (Å²) < 4.78 is 43.0. The van der Waals surface area contributed by atoms with Crippen molar-refractivity contribution in [2.45, 2.75) is 78.6 Å². The fraction of sp³-hybridized carbons (Fsp3) is 0.600. The van der Waals surface area contributed by atoms with Crippen LogP contribution in [0, 0.1) is 6.92 Å². The summed E-state index contributed by atoms with van der Waals surface area (Å²) >= 11 is 0. The number of rotatable bonds is 10. The average molecular weight is 553 g/mol. The quantitative estimate of drug-likeness (QED) is 0.339. The molecule has 1 fully saturated rings. The Balaban J connectivity index is 0.000000356. The van der Waals surface area contributed by atoms with Gasteiger partial charge in [0, 0.05) is 51.4 Å². The van der Waals surface area contributed by atoms with Gasteiger partial charge in [0.1, 0.15) is 17.9 Å². The zero-order valence-corrected chi connectivity index (χ0v) is 24.5. The SMILES string of the molecule is CCC.CCCC(CCC=O)NCc1ccc(C)c(OC)c1.CN1CCN(c2cc(C(F)(F)F)ccn2)CC1. The monoisotopic (exact) mass is 552 g/mol. The predicted molar refractivity (Wildman–Crippen MR) is 153 cm³/mol. The minimum absolute atomic E-state index is 0.410. The van der Waals surface area contributed by atoms with Crippen molar-refractivity contribution < 1.29 is 22.7 Å². The van der Waals surface area contributed by atoms with Crippen molar-refractivity contribution in [2.75, 3.05) is 45.2 Å². The van der Waals surface area contributed by atoms with Crippen LogP contribution in [-0.2, 0) is 17.5 Å². The Hall–Kier alpha value is -2.65. The first-order valence-corrected chi connectivity index (χ1v) is 13.9. The number of halogens is 3. The second-order valence-electron chi connectivity index (χ2n) is 9.81. The number of hydrogen-bond acceptors (Lipinski definition) is 6. The van der Waals surface area contributed by atoms with Gasteiger partial charge in [-0.3, -0.25) is 0 Å². The standard InChI is InChI=1S/C16H25NO2.C11H14F3N3.C3H8/c1-4-6-15(7-5-10-18)17-12-14-9-8-13(2)16(11-14)19-3;1-16-4-6-17(7-5-16)10-8-9(2-3-15-10)11(12,13)14;1-3-2/h8-11,15,17H,4-7,12H2,1-3H3;2-3,8H,4-7H2,1H3;3H2,1-2H3. The number of aromatic nitrogens is 1. The number of likely N-dealkylation sites (N-methyl/N-ethyl adjacent to an activating group) is 1. The van der Waals surface area contributed by atoms with E-state index in [0.717, 1.165) is 68.6 Å². The van der Waals surface area contributed by atoms with E-state index in [0.29, 0.717) is 31.4 Å². The summed E-state index contributed by atoms with van der Waals surface area (Å²) in [5.41, 5.74) is 1.73. The van der Waals surface area contributed by atoms with Crippen molar-refractivity contribution in [1.82, 2.24) is 15.2 Å². The number of aldehydes is 1. The Kier molecular flexibility index (Phi) is 16.4. The minimum Gasteiger partial charge on any atom is -0.496 e. The number of anilines is 1. The highest BCUT2D eigenvalue weighted by molar-refractivity contribution is 5.49. The molecule has 1 saturated heterocycles. The van der Waals surface area contributed by atoms with Gasteiger partial charge >= 0.3 is 6.18 Å². The molecule has 0 saturated carbocycles. The number of piperazine rings is 1. The molecule has 3 rings (SSSR count). The summed E-state index contributed by atoms with van der Waals surface area (Å²) in [6.45, 7) is 12.4. The number of pyridine rings is 1. The number of ether oxygens (including phenoxy) is 1. The third kappa shape index (κ3) is 13.3. The van der Waals surface area contributed by atoms with Crippen LogP contribution in [0.2, 0.25) is 0 Å². The molecule has 0 spiro atoms. The maximum Gasteiger partial charge on any atom is 0.416 e. The molecule has 0 aliphatic carbocycles. The summed E-state index contributed by atoms with van der Waals surface area (Å²) in [6, 6.07) is 8.81. The van der Waals surface area contributed by atoms with E-state index in [1.54, 1.807) is 7.11 Å². The first kappa shape index (κ1) is 34.4. The van der Waals surface area contributed by atoms with Gasteiger partial charge in [-0.05, 0) is 56.1 Å². The Morgan fingerprint density at radius 1 is 1.08 bits per heavy atom. The molecular weight excluding hydrogens is 505 g/mol. The molecular formula is C30H47F3N4O2. The predicted octanol–water partition coefficient (Wildman–Crippen LogP) is 6.51. The first-order valence-electron chi connectivity index (χ1n) is 13.9. The largest absolute Gasteiger partial charge is 0.496 e. The van der Waals surface area contributed by atoms with Crippen LogP contribution in [0.25, 0.3) is 0 Å². The molecule has 220 valence electrons. The zero-order valence-electron chi connectivity index (χ0n) is 24.5. The average Bonchev–Trinajstić information content (AvgIpc) is 2.92. The minimum atomic E-state index is -4.30. The van der Waals surface area contributed by atoms with E-state index in [9.17, 15) is 18.0 Å². The van der Waals surface area contributed by atoms with Crippen LogP contribution in [0.5, 0.6) is 5.75 Å². The van der Waals surface area contributed by atoms with Gasteiger partial charge < -0.3 is 24.6 Å². The number of nitrogens with one attached hydrogen (secondary N) is 1. The number of carbonyl (C=O) groups is 1. The summed E-state index contributed by atoms with van der Waals surface area (Å²) in [5.74, 6) is 1.34. The van der Waals surface area contributed by atoms with Gasteiger partial charge in [-0.25, -0.2) is 4.98 Å². The van der Waals surface area contributed by atoms with E-state index in [1.165, 1.54) is 18.2 Å². The topological polar surface area (TPSA) is 57.7 Å². The number of methoxy groups -OCH3 is 1. The van der Waals surface area contributed by atoms with Crippen LogP contribution >= 0.6 is 0 Å². The van der Waals surface area contributed by atoms with Crippen LogP contribution in [0.15, 0.2) is 36.5 Å². The van der Waals surface area contributed by atoms with Crippen molar-refractivity contribution in [3.8, 4) is 5.75 Å². The second-order valence-corrected chi connectivity index (χ2v) is 9.81. The van der Waals surface area contributed by atoms with Gasteiger partial charge in [0.25, 0.3) is 0 Å². The van der Waals surface area contributed by atoms with Crippen molar-refractivity contribution in [3.63, 3.8) is 0 Å². The van der Waals surface area contributed by atoms with Crippen molar-refractivity contribution >= 4 is 12.1 Å². The van der Waals surface area contributed by atoms with E-state index in [-0.39, 0.29) is 0 Å². The van der Waals surface area contributed by atoms with Crippen molar-refractivity contribution in [2.24, 2.45) is 0 Å². The van der Waals surface area contributed by atoms with Gasteiger partial charge in [0.2, 0.25) is 0 Å². The summed E-state index contributed by atoms with van der Waals surface area (Å²) in [5, 5.41) is 3.53. The van der Waals surface area contributed by atoms with Gasteiger partial charge in [-0.2, -0.15) is 13.2 Å². The van der Waals surface area contributed by atoms with Crippen molar-refractivity contribution in [3.05, 3.63) is 53.2 Å². The van der Waals surface area contributed by atoms with Gasteiger partial charge in [-0.15, -0.1) is 0 Å². The smallest absolute Gasteiger partial charge is 0.416 e. The molecule has 6 nitrogen and oxygen atoms in total. The maximum atomic E-state index is 12.5. The molecule has 0 bridgehead atoms. The maximum absolute atomic E-state index is 12.5. The molecule has 1 N–H and O–H groups in total. The number of nitrogens with zero attached hydrogens (tertiary/aromatic N) is 3. The van der Waals surface area contributed by atoms with Crippen LogP contribution in [-0.4, -0.2) is 62.5 Å². The van der Waals surface area contributed by atoms with Crippen LogP contribution in [0.4, 0.5) is 19.0 Å². The Morgan fingerprint density at radius 3 is 2.31 bits per heavy atom. The van der Waals surface area contributed by atoms with E-state index in [4.69, 9.17) is 4.74 Å². The van der Waals surface area contributed by atoms with Crippen LogP contribution in [0.1, 0.15) is 69.6 Å². The molecule has 1 unspecified atom stereocenters. The van der Waals surface area contributed by atoms with Gasteiger partial charge in [0.05, 0.1) is 12.7 Å². The lowest BCUT2D eigenvalue weighted by Gasteiger charge is -2.33. The molecule has 1 aromatic heterocycles. The summed E-state index contributed by atoms with van der Waals surface area (Å²) in [6.07, 6.45) is 2.96. The van der Waals surface area contributed by atoms with Crippen LogP contribution in [0.3, 0.4) is 0 Å². The Morgan fingerprint density at radius 2 is 1.74 bits per heavy atom. The molecule has 2 heterocycles. The molecule has 9 heteroatoms. The van der Waals surface area contributed by atoms with Crippen molar-refractivity contribution in [1.29, 1.82) is 0 Å². The summed E-state index contributed by atoms with van der Waals surface area (Å²) in [7, 11) is 3.69. The highest BCUT2D eigenvalue weighted by Crippen LogP contribution is 2.30. The normalized spacial score (nSPS) is 14.4. The lowest BCUT2D eigenvalue weighted by atomic mass is 10.1. The third-order valence-corrected chi connectivity index (χ3v) is 6.24. The Bertz CT molecular complexity index is 948. The van der Waals surface area contributed by atoms with E-state index < -0.39 is 11.7 Å². The second kappa shape index (κ2) is 18.6. The molecule has 1 aromatic carbocycles. The molecule has 1 aliphatic rings. The fourth-order valence-electron chi connectivity index (χ4n) is 4.01. The number of hydrogen-bond donors (Lipinski definition) is 1. The highest BCUT2D eigenvalue weighted by Gasteiger charge is 2.31. The summed E-state index contributed by atoms with van der Waals surface area (Å²) in [4.78, 5) is 18.5. The number of aryl methyl sites for hydroxylation is 1. The van der Waals surface area contributed by atoms with E-state index in [1.807, 2.05) is 18.9 Å². The van der Waals surface area contributed by atoms with E-state index in [2.05, 4.69) is 54.2 Å². The molecule has 2 aromatic rings. The Labute approximate surface area is 232 Å². The van der Waals surface area contributed by atoms with Gasteiger partial charge in [0.15, 0.2) is 0 Å². The molecule has 1 atom stereocenters. The number of benzene rings is 1. The molecule has 39 heavy (non-hydrogen) atoms. The third-order valence-electron chi connectivity index (χ3n) is 6.24. The molecule has 1 aliphatic heterocycles. The fourth-order valence-corrected chi connectivity index (χ4v) is 4.01. The number of alkyl halides is 3.